The van der Waals surface area contributed by atoms with Gasteiger partial charge in [0.25, 0.3) is 5.91 Å². The molecule has 0 unspecified atom stereocenters. The van der Waals surface area contributed by atoms with E-state index in [1.807, 2.05) is 0 Å². The fourth-order valence-corrected chi connectivity index (χ4v) is 2.04. The highest BCUT2D eigenvalue weighted by Gasteiger charge is 2.18. The van der Waals surface area contributed by atoms with Crippen LogP contribution in [0, 0.1) is 5.41 Å². The number of rotatable bonds is 7. The number of anilines is 1. The summed E-state index contributed by atoms with van der Waals surface area (Å²) in [5, 5.41) is 5.39. The summed E-state index contributed by atoms with van der Waals surface area (Å²) in [7, 11) is 1.58. The Morgan fingerprint density at radius 2 is 1.76 bits per heavy atom. The van der Waals surface area contributed by atoms with Crippen LogP contribution in [0.4, 0.5) is 5.69 Å². The maximum Gasteiger partial charge on any atom is 0.251 e. The van der Waals surface area contributed by atoms with Crippen molar-refractivity contribution in [2.75, 3.05) is 18.9 Å². The van der Waals surface area contributed by atoms with Crippen LogP contribution in [0.25, 0.3) is 0 Å². The summed E-state index contributed by atoms with van der Waals surface area (Å²) in [6, 6.07) is 6.83. The van der Waals surface area contributed by atoms with E-state index in [4.69, 9.17) is 5.73 Å². The average molecular weight is 291 g/mol. The van der Waals surface area contributed by atoms with Crippen molar-refractivity contribution in [3.63, 3.8) is 0 Å². The van der Waals surface area contributed by atoms with Crippen LogP contribution in [0.5, 0.6) is 0 Å². The first-order valence-corrected chi connectivity index (χ1v) is 7.20. The highest BCUT2D eigenvalue weighted by atomic mass is 16.2. The Kier molecular flexibility index (Phi) is 6.37. The van der Waals surface area contributed by atoms with Gasteiger partial charge in [0.15, 0.2) is 0 Å². The lowest BCUT2D eigenvalue weighted by Crippen LogP contribution is -2.21. The number of benzene rings is 1. The molecule has 116 valence electrons. The van der Waals surface area contributed by atoms with Gasteiger partial charge in [0, 0.05) is 24.7 Å². The minimum atomic E-state index is -0.142. The van der Waals surface area contributed by atoms with Crippen molar-refractivity contribution in [1.29, 1.82) is 0 Å². The van der Waals surface area contributed by atoms with Crippen molar-refractivity contribution >= 4 is 17.5 Å². The van der Waals surface area contributed by atoms with Gasteiger partial charge in [-0.1, -0.05) is 13.8 Å². The number of carbonyl (C=O) groups is 2. The lowest BCUT2D eigenvalue weighted by molar-refractivity contribution is -0.116. The third kappa shape index (κ3) is 5.95. The SMILES string of the molecule is CNC(=O)c1ccc(NC(=O)CCC(C)(C)CCN)cc1. The van der Waals surface area contributed by atoms with Gasteiger partial charge in [-0.3, -0.25) is 9.59 Å². The molecule has 0 radical (unpaired) electrons. The minimum Gasteiger partial charge on any atom is -0.355 e. The van der Waals surface area contributed by atoms with Gasteiger partial charge >= 0.3 is 0 Å². The van der Waals surface area contributed by atoms with Crippen LogP contribution in [-0.4, -0.2) is 25.4 Å². The van der Waals surface area contributed by atoms with Crippen LogP contribution < -0.4 is 16.4 Å². The van der Waals surface area contributed by atoms with Gasteiger partial charge in [0.2, 0.25) is 5.91 Å². The third-order valence-electron chi connectivity index (χ3n) is 3.51. The molecule has 4 N–H and O–H groups in total. The van der Waals surface area contributed by atoms with Crippen molar-refractivity contribution in [2.45, 2.75) is 33.1 Å². The molecule has 0 atom stereocenters. The number of carbonyl (C=O) groups excluding carboxylic acids is 2. The molecule has 0 fully saturated rings. The van der Waals surface area contributed by atoms with Crippen LogP contribution in [-0.2, 0) is 4.79 Å². The molecule has 1 aromatic rings. The highest BCUT2D eigenvalue weighted by molar-refractivity contribution is 5.95. The van der Waals surface area contributed by atoms with E-state index in [1.165, 1.54) is 0 Å². The number of nitrogens with one attached hydrogen (secondary N) is 2. The summed E-state index contributed by atoms with van der Waals surface area (Å²) < 4.78 is 0. The monoisotopic (exact) mass is 291 g/mol. The first-order chi connectivity index (χ1) is 9.88. The van der Waals surface area contributed by atoms with Crippen LogP contribution in [0.1, 0.15) is 43.5 Å². The zero-order chi connectivity index (χ0) is 15.9. The van der Waals surface area contributed by atoms with Crippen molar-refractivity contribution < 1.29 is 9.59 Å². The largest absolute Gasteiger partial charge is 0.355 e. The van der Waals surface area contributed by atoms with Gasteiger partial charge in [-0.05, 0) is 49.1 Å². The van der Waals surface area contributed by atoms with E-state index < -0.39 is 0 Å². The molecule has 0 saturated carbocycles. The van der Waals surface area contributed by atoms with Crippen molar-refractivity contribution in [3.8, 4) is 0 Å². The Morgan fingerprint density at radius 3 is 2.29 bits per heavy atom. The van der Waals surface area contributed by atoms with Crippen LogP contribution in [0.3, 0.4) is 0 Å². The fourth-order valence-electron chi connectivity index (χ4n) is 2.04. The van der Waals surface area contributed by atoms with Gasteiger partial charge < -0.3 is 16.4 Å². The van der Waals surface area contributed by atoms with Gasteiger partial charge in [-0.15, -0.1) is 0 Å². The maximum absolute atomic E-state index is 11.9. The third-order valence-corrected chi connectivity index (χ3v) is 3.51. The summed E-state index contributed by atoms with van der Waals surface area (Å²) >= 11 is 0. The molecule has 5 heteroatoms. The Balaban J connectivity index is 2.50. The molecule has 0 bridgehead atoms. The lowest BCUT2D eigenvalue weighted by atomic mass is 9.84. The minimum absolute atomic E-state index is 0.0206. The van der Waals surface area contributed by atoms with Gasteiger partial charge in [0.05, 0.1) is 0 Å². The van der Waals surface area contributed by atoms with Crippen molar-refractivity contribution in [2.24, 2.45) is 11.1 Å². The zero-order valence-electron chi connectivity index (χ0n) is 13.0. The van der Waals surface area contributed by atoms with E-state index in [9.17, 15) is 9.59 Å². The first-order valence-electron chi connectivity index (χ1n) is 7.20. The molecule has 0 aliphatic carbocycles. The summed E-state index contributed by atoms with van der Waals surface area (Å²) in [6.07, 6.45) is 2.16. The second-order valence-electron chi connectivity index (χ2n) is 5.91. The molecule has 1 aromatic carbocycles. The van der Waals surface area contributed by atoms with Crippen LogP contribution in [0.15, 0.2) is 24.3 Å². The van der Waals surface area contributed by atoms with Crippen LogP contribution in [0.2, 0.25) is 0 Å². The van der Waals surface area contributed by atoms with E-state index in [0.29, 0.717) is 24.2 Å². The molecule has 0 spiro atoms. The number of hydrogen-bond donors (Lipinski definition) is 3. The van der Waals surface area contributed by atoms with Crippen molar-refractivity contribution in [3.05, 3.63) is 29.8 Å². The van der Waals surface area contributed by atoms with E-state index in [2.05, 4.69) is 24.5 Å². The second-order valence-corrected chi connectivity index (χ2v) is 5.91. The molecule has 21 heavy (non-hydrogen) atoms. The summed E-state index contributed by atoms with van der Waals surface area (Å²) in [5.41, 5.74) is 6.91. The summed E-state index contributed by atoms with van der Waals surface area (Å²) in [6.45, 7) is 4.87. The van der Waals surface area contributed by atoms with E-state index in [0.717, 1.165) is 12.8 Å². The molecule has 2 amide bonds. The topological polar surface area (TPSA) is 84.2 Å². The quantitative estimate of drug-likeness (QED) is 0.719. The lowest BCUT2D eigenvalue weighted by Gasteiger charge is -2.23. The van der Waals surface area contributed by atoms with E-state index in [1.54, 1.807) is 31.3 Å². The smallest absolute Gasteiger partial charge is 0.251 e. The first kappa shape index (κ1) is 17.2. The predicted molar refractivity (Wildman–Crippen MR) is 85.1 cm³/mol. The number of nitrogens with two attached hydrogens (primary N) is 1. The molecule has 1 rings (SSSR count). The van der Waals surface area contributed by atoms with E-state index >= 15 is 0 Å². The summed E-state index contributed by atoms with van der Waals surface area (Å²) in [5.74, 6) is -0.163. The van der Waals surface area contributed by atoms with Crippen molar-refractivity contribution in [1.82, 2.24) is 5.32 Å². The number of amides is 2. The number of hydrogen-bond acceptors (Lipinski definition) is 3. The molecular weight excluding hydrogens is 266 g/mol. The molecular formula is C16H25N3O2. The Bertz CT molecular complexity index is 481. The highest BCUT2D eigenvalue weighted by Crippen LogP contribution is 2.26. The zero-order valence-corrected chi connectivity index (χ0v) is 13.0. The molecule has 0 aliphatic rings. The standard InChI is InChI=1S/C16H25N3O2/c1-16(2,10-11-17)9-8-14(20)19-13-6-4-12(5-7-13)15(21)18-3/h4-7H,8-11,17H2,1-3H3,(H,18,21)(H,19,20). The molecule has 0 aromatic heterocycles. The predicted octanol–water partition coefficient (Wildman–Crippen LogP) is 2.14. The Labute approximate surface area is 126 Å². The summed E-state index contributed by atoms with van der Waals surface area (Å²) in [4.78, 5) is 23.3. The van der Waals surface area contributed by atoms with E-state index in [-0.39, 0.29) is 17.2 Å². The van der Waals surface area contributed by atoms with Gasteiger partial charge in [0.1, 0.15) is 0 Å². The van der Waals surface area contributed by atoms with Gasteiger partial charge in [-0.25, -0.2) is 0 Å². The molecule has 0 heterocycles. The normalized spacial score (nSPS) is 11.0. The molecule has 0 aliphatic heterocycles. The second kappa shape index (κ2) is 7.78. The fraction of sp³-hybridized carbons (Fsp3) is 0.500. The Morgan fingerprint density at radius 1 is 1.14 bits per heavy atom. The molecule has 5 nitrogen and oxygen atoms in total. The molecule has 0 saturated heterocycles. The maximum atomic E-state index is 11.9. The average Bonchev–Trinajstić information content (AvgIpc) is 2.45. The van der Waals surface area contributed by atoms with Gasteiger partial charge in [-0.2, -0.15) is 0 Å². The van der Waals surface area contributed by atoms with Crippen LogP contribution >= 0.6 is 0 Å². The Hall–Kier alpha value is -1.88.